The molecule has 2 heterocycles. The van der Waals surface area contributed by atoms with E-state index in [1.807, 2.05) is 24.8 Å². The summed E-state index contributed by atoms with van der Waals surface area (Å²) in [5.41, 5.74) is 1.03. The Labute approximate surface area is 141 Å². The van der Waals surface area contributed by atoms with Crippen molar-refractivity contribution in [1.82, 2.24) is 20.1 Å². The summed E-state index contributed by atoms with van der Waals surface area (Å²) in [7, 11) is 1.86. The first-order valence-corrected chi connectivity index (χ1v) is 8.96. The average molecular weight is 332 g/mol. The van der Waals surface area contributed by atoms with Gasteiger partial charge in [0.05, 0.1) is 16.8 Å². The van der Waals surface area contributed by atoms with Crippen LogP contribution in [0.2, 0.25) is 0 Å². The molecule has 1 aliphatic carbocycles. The lowest BCUT2D eigenvalue weighted by molar-refractivity contribution is 0.0895. The van der Waals surface area contributed by atoms with Gasteiger partial charge in [-0.3, -0.25) is 9.48 Å². The topological polar surface area (TPSA) is 59.8 Å². The Morgan fingerprint density at radius 2 is 2.04 bits per heavy atom. The van der Waals surface area contributed by atoms with E-state index >= 15 is 0 Å². The second-order valence-electron chi connectivity index (χ2n) is 7.40. The van der Waals surface area contributed by atoms with Crippen molar-refractivity contribution in [2.24, 2.45) is 7.05 Å². The van der Waals surface area contributed by atoms with E-state index in [4.69, 9.17) is 0 Å². The first-order chi connectivity index (χ1) is 10.8. The molecule has 2 aromatic rings. The quantitative estimate of drug-likeness (QED) is 0.937. The van der Waals surface area contributed by atoms with Crippen LogP contribution in [0.15, 0.2) is 17.8 Å². The fourth-order valence-corrected chi connectivity index (χ4v) is 4.18. The van der Waals surface area contributed by atoms with Gasteiger partial charge in [0, 0.05) is 30.2 Å². The summed E-state index contributed by atoms with van der Waals surface area (Å²) in [6.07, 6.45) is 7.80. The smallest absolute Gasteiger partial charge is 0.255 e. The number of carbonyl (C=O) groups excluding carboxylic acids is 1. The van der Waals surface area contributed by atoms with Crippen molar-refractivity contribution in [3.05, 3.63) is 34.0 Å². The van der Waals surface area contributed by atoms with E-state index in [-0.39, 0.29) is 16.9 Å². The fourth-order valence-electron chi connectivity index (χ4n) is 3.32. The van der Waals surface area contributed by atoms with Crippen LogP contribution in [0.5, 0.6) is 0 Å². The molecule has 0 radical (unpaired) electrons. The standard InChI is InChI=1S/C17H24N4OS/c1-16(2,3)13-12(11-21(4)20-13)14(22)19-17(7-5-6-8-17)15-18-9-10-23-15/h9-11H,5-8H2,1-4H3,(H,19,22). The number of nitrogens with zero attached hydrogens (tertiary/aromatic N) is 3. The number of carbonyl (C=O) groups is 1. The van der Waals surface area contributed by atoms with Crippen LogP contribution in [0, 0.1) is 0 Å². The van der Waals surface area contributed by atoms with Crippen molar-refractivity contribution >= 4 is 17.2 Å². The zero-order valence-corrected chi connectivity index (χ0v) is 15.0. The molecular weight excluding hydrogens is 308 g/mol. The normalized spacial score (nSPS) is 17.4. The van der Waals surface area contributed by atoms with Crippen molar-refractivity contribution in [3.8, 4) is 0 Å². The van der Waals surface area contributed by atoms with Crippen LogP contribution < -0.4 is 5.32 Å². The van der Waals surface area contributed by atoms with Gasteiger partial charge < -0.3 is 5.32 Å². The molecule has 3 rings (SSSR count). The van der Waals surface area contributed by atoms with Crippen molar-refractivity contribution < 1.29 is 4.79 Å². The Morgan fingerprint density at radius 3 is 2.61 bits per heavy atom. The first-order valence-electron chi connectivity index (χ1n) is 8.08. The second kappa shape index (κ2) is 5.74. The van der Waals surface area contributed by atoms with Gasteiger partial charge in [-0.2, -0.15) is 5.10 Å². The summed E-state index contributed by atoms with van der Waals surface area (Å²) < 4.78 is 1.72. The van der Waals surface area contributed by atoms with E-state index in [1.165, 1.54) is 0 Å². The van der Waals surface area contributed by atoms with Gasteiger partial charge in [0.2, 0.25) is 0 Å². The van der Waals surface area contributed by atoms with Crippen molar-refractivity contribution in [3.63, 3.8) is 0 Å². The molecule has 1 amide bonds. The molecule has 5 nitrogen and oxygen atoms in total. The highest BCUT2D eigenvalue weighted by Crippen LogP contribution is 2.40. The van der Waals surface area contributed by atoms with E-state index in [0.717, 1.165) is 36.4 Å². The lowest BCUT2D eigenvalue weighted by Crippen LogP contribution is -2.44. The Morgan fingerprint density at radius 1 is 1.35 bits per heavy atom. The number of amides is 1. The number of hydrogen-bond donors (Lipinski definition) is 1. The Balaban J connectivity index is 1.92. The van der Waals surface area contributed by atoms with E-state index in [0.29, 0.717) is 5.56 Å². The van der Waals surface area contributed by atoms with Gasteiger partial charge in [0.1, 0.15) is 5.01 Å². The van der Waals surface area contributed by atoms with Crippen LogP contribution in [-0.2, 0) is 18.0 Å². The zero-order valence-electron chi connectivity index (χ0n) is 14.2. The van der Waals surface area contributed by atoms with Crippen molar-refractivity contribution in [2.75, 3.05) is 0 Å². The van der Waals surface area contributed by atoms with E-state index < -0.39 is 0 Å². The molecule has 6 heteroatoms. The van der Waals surface area contributed by atoms with E-state index in [1.54, 1.807) is 16.0 Å². The van der Waals surface area contributed by atoms with Gasteiger partial charge in [-0.25, -0.2) is 4.98 Å². The van der Waals surface area contributed by atoms with Gasteiger partial charge >= 0.3 is 0 Å². The molecule has 0 bridgehead atoms. The minimum atomic E-state index is -0.309. The minimum Gasteiger partial charge on any atom is -0.340 e. The largest absolute Gasteiger partial charge is 0.340 e. The average Bonchev–Trinajstić information content (AvgIpc) is 3.16. The molecule has 1 saturated carbocycles. The molecule has 0 saturated heterocycles. The first kappa shape index (κ1) is 16.2. The predicted octanol–water partition coefficient (Wildman–Crippen LogP) is 3.37. The highest BCUT2D eigenvalue weighted by atomic mass is 32.1. The molecule has 2 aromatic heterocycles. The van der Waals surface area contributed by atoms with Gasteiger partial charge in [-0.1, -0.05) is 33.6 Å². The van der Waals surface area contributed by atoms with E-state index in [9.17, 15) is 4.79 Å². The molecule has 0 aromatic carbocycles. The molecule has 0 unspecified atom stereocenters. The van der Waals surface area contributed by atoms with E-state index in [2.05, 4.69) is 36.2 Å². The van der Waals surface area contributed by atoms with Crippen LogP contribution in [0.1, 0.15) is 67.5 Å². The molecule has 1 aliphatic rings. The van der Waals surface area contributed by atoms with Gasteiger partial charge in [0.25, 0.3) is 5.91 Å². The maximum atomic E-state index is 13.0. The molecule has 1 N–H and O–H groups in total. The molecule has 0 atom stereocenters. The Hall–Kier alpha value is -1.69. The number of aromatic nitrogens is 3. The van der Waals surface area contributed by atoms with Gasteiger partial charge in [-0.15, -0.1) is 11.3 Å². The Kier molecular flexibility index (Phi) is 4.04. The third kappa shape index (κ3) is 3.04. The van der Waals surface area contributed by atoms with Crippen molar-refractivity contribution in [1.29, 1.82) is 0 Å². The van der Waals surface area contributed by atoms with Crippen molar-refractivity contribution in [2.45, 2.75) is 57.4 Å². The molecule has 23 heavy (non-hydrogen) atoms. The van der Waals surface area contributed by atoms with Gasteiger partial charge in [-0.05, 0) is 12.8 Å². The maximum absolute atomic E-state index is 13.0. The SMILES string of the molecule is Cn1cc(C(=O)NC2(c3nccs3)CCCC2)c(C(C)(C)C)n1. The number of nitrogens with one attached hydrogen (secondary N) is 1. The summed E-state index contributed by atoms with van der Waals surface area (Å²) in [6, 6.07) is 0. The summed E-state index contributed by atoms with van der Waals surface area (Å²) in [5, 5.41) is 10.8. The molecule has 124 valence electrons. The number of aryl methyl sites for hydroxylation is 1. The summed E-state index contributed by atoms with van der Waals surface area (Å²) in [4.78, 5) is 17.5. The highest BCUT2D eigenvalue weighted by Gasteiger charge is 2.40. The molecule has 0 aliphatic heterocycles. The summed E-state index contributed by atoms with van der Waals surface area (Å²) in [5.74, 6) is -0.0416. The fraction of sp³-hybridized carbons (Fsp3) is 0.588. The molecule has 1 fully saturated rings. The highest BCUT2D eigenvalue weighted by molar-refractivity contribution is 7.09. The van der Waals surface area contributed by atoms with Crippen LogP contribution in [0.3, 0.4) is 0 Å². The van der Waals surface area contributed by atoms with Gasteiger partial charge in [0.15, 0.2) is 0 Å². The summed E-state index contributed by atoms with van der Waals surface area (Å²) in [6.45, 7) is 6.24. The Bertz CT molecular complexity index is 691. The third-order valence-corrected chi connectivity index (χ3v) is 5.41. The summed E-state index contributed by atoms with van der Waals surface area (Å²) >= 11 is 1.62. The number of thiazole rings is 1. The van der Waals surface area contributed by atoms with Crippen LogP contribution in [-0.4, -0.2) is 20.7 Å². The number of hydrogen-bond acceptors (Lipinski definition) is 4. The minimum absolute atomic E-state index is 0.0416. The van der Waals surface area contributed by atoms with Crippen LogP contribution in [0.25, 0.3) is 0 Å². The van der Waals surface area contributed by atoms with Crippen LogP contribution in [0.4, 0.5) is 0 Å². The second-order valence-corrected chi connectivity index (χ2v) is 8.29. The lowest BCUT2D eigenvalue weighted by Gasteiger charge is -2.28. The maximum Gasteiger partial charge on any atom is 0.255 e. The third-order valence-electron chi connectivity index (χ3n) is 4.44. The molecular formula is C17H24N4OS. The zero-order chi connectivity index (χ0) is 16.7. The lowest BCUT2D eigenvalue weighted by atomic mass is 9.89. The van der Waals surface area contributed by atoms with Crippen LogP contribution >= 0.6 is 11.3 Å². The molecule has 0 spiro atoms. The predicted molar refractivity (Wildman–Crippen MR) is 91.6 cm³/mol. The monoisotopic (exact) mass is 332 g/mol. The number of rotatable bonds is 3.